The molecule has 1 aliphatic heterocycles. The Morgan fingerprint density at radius 2 is 2.18 bits per heavy atom. The maximum atomic E-state index is 6.15. The van der Waals surface area contributed by atoms with Crippen molar-refractivity contribution in [2.24, 2.45) is 10.1 Å². The van der Waals surface area contributed by atoms with Gasteiger partial charge in [-0.3, -0.25) is 0 Å². The molecule has 0 fully saturated rings. The van der Waals surface area contributed by atoms with Crippen molar-refractivity contribution in [3.05, 3.63) is 28.2 Å². The highest BCUT2D eigenvalue weighted by Crippen LogP contribution is 2.37. The lowest BCUT2D eigenvalue weighted by molar-refractivity contribution is 0.355. The van der Waals surface area contributed by atoms with Gasteiger partial charge in [-0.05, 0) is 50.6 Å². The van der Waals surface area contributed by atoms with E-state index in [0.717, 1.165) is 21.4 Å². The van der Waals surface area contributed by atoms with Crippen LogP contribution in [0, 0.1) is 0 Å². The Kier molecular flexibility index (Phi) is 3.54. The third-order valence-corrected chi connectivity index (χ3v) is 3.27. The van der Waals surface area contributed by atoms with Gasteiger partial charge >= 0.3 is 0 Å². The van der Waals surface area contributed by atoms with Crippen LogP contribution in [0.25, 0.3) is 0 Å². The lowest BCUT2D eigenvalue weighted by atomic mass is 10.1. The first-order valence-electron chi connectivity index (χ1n) is 5.33. The fraction of sp³-hybridized carbons (Fsp3) is 0.333. The number of fused-ring (bicyclic) bond motifs is 1. The van der Waals surface area contributed by atoms with E-state index in [2.05, 4.69) is 39.0 Å². The molecule has 5 heteroatoms. The molecule has 1 unspecified atom stereocenters. The van der Waals surface area contributed by atoms with Gasteiger partial charge in [0.15, 0.2) is 0 Å². The Labute approximate surface area is 114 Å². The summed E-state index contributed by atoms with van der Waals surface area (Å²) in [4.78, 5) is 4.35. The number of hydrogen-bond acceptors (Lipinski definition) is 3. The standard InChI is InChI=1S/C12H13BrClN3/c1-7(2)16-17-8(3)10-6-9(13)4-5-11(10)15-12(17)14/h4-6,8H,1-3H3. The Hall–Kier alpha value is -0.870. The molecule has 0 amide bonds. The second kappa shape index (κ2) is 4.78. The van der Waals surface area contributed by atoms with Gasteiger partial charge in [0, 0.05) is 15.7 Å². The summed E-state index contributed by atoms with van der Waals surface area (Å²) in [5.74, 6) is 0. The van der Waals surface area contributed by atoms with Crippen LogP contribution in [-0.2, 0) is 0 Å². The molecule has 0 saturated carbocycles. The van der Waals surface area contributed by atoms with Crippen LogP contribution in [0.4, 0.5) is 5.69 Å². The van der Waals surface area contributed by atoms with Gasteiger partial charge in [0.05, 0.1) is 11.7 Å². The summed E-state index contributed by atoms with van der Waals surface area (Å²) in [6, 6.07) is 6.06. The zero-order valence-electron chi connectivity index (χ0n) is 9.91. The van der Waals surface area contributed by atoms with E-state index >= 15 is 0 Å². The van der Waals surface area contributed by atoms with Gasteiger partial charge in [0.25, 0.3) is 0 Å². The number of amidine groups is 1. The summed E-state index contributed by atoms with van der Waals surface area (Å²) >= 11 is 9.61. The van der Waals surface area contributed by atoms with Gasteiger partial charge in [-0.2, -0.15) is 5.10 Å². The molecule has 0 spiro atoms. The van der Waals surface area contributed by atoms with Crippen LogP contribution in [0.2, 0.25) is 0 Å². The molecular weight excluding hydrogens is 302 g/mol. The van der Waals surface area contributed by atoms with Crippen molar-refractivity contribution >= 4 is 44.2 Å². The van der Waals surface area contributed by atoms with Crippen molar-refractivity contribution in [2.45, 2.75) is 26.8 Å². The average molecular weight is 315 g/mol. The van der Waals surface area contributed by atoms with E-state index in [1.807, 2.05) is 26.0 Å². The van der Waals surface area contributed by atoms with Crippen LogP contribution in [0.5, 0.6) is 0 Å². The Bertz CT molecular complexity index is 506. The molecule has 17 heavy (non-hydrogen) atoms. The van der Waals surface area contributed by atoms with E-state index in [-0.39, 0.29) is 6.04 Å². The number of benzene rings is 1. The second-order valence-electron chi connectivity index (χ2n) is 4.15. The first-order chi connectivity index (χ1) is 7.99. The summed E-state index contributed by atoms with van der Waals surface area (Å²) in [6.07, 6.45) is 0. The molecule has 1 atom stereocenters. The quantitative estimate of drug-likeness (QED) is 0.556. The minimum Gasteiger partial charge on any atom is -0.231 e. The number of nitrogens with zero attached hydrogens (tertiary/aromatic N) is 3. The Morgan fingerprint density at radius 1 is 1.47 bits per heavy atom. The highest BCUT2D eigenvalue weighted by Gasteiger charge is 2.25. The third-order valence-electron chi connectivity index (χ3n) is 2.52. The van der Waals surface area contributed by atoms with Gasteiger partial charge in [-0.15, -0.1) is 0 Å². The summed E-state index contributed by atoms with van der Waals surface area (Å²) < 4.78 is 1.04. The molecule has 2 rings (SSSR count). The molecular formula is C12H13BrClN3. The van der Waals surface area contributed by atoms with Crippen LogP contribution in [0.1, 0.15) is 32.4 Å². The second-order valence-corrected chi connectivity index (χ2v) is 5.41. The van der Waals surface area contributed by atoms with Crippen molar-refractivity contribution < 1.29 is 0 Å². The molecule has 1 heterocycles. The van der Waals surface area contributed by atoms with Gasteiger partial charge < -0.3 is 0 Å². The number of hydrogen-bond donors (Lipinski definition) is 0. The lowest BCUT2D eigenvalue weighted by Crippen LogP contribution is -2.28. The summed E-state index contributed by atoms with van der Waals surface area (Å²) in [5, 5.41) is 6.55. The number of rotatable bonds is 1. The molecule has 0 aliphatic carbocycles. The van der Waals surface area contributed by atoms with Crippen molar-refractivity contribution in [2.75, 3.05) is 0 Å². The molecule has 0 saturated heterocycles. The third kappa shape index (κ3) is 2.53. The predicted molar refractivity (Wildman–Crippen MR) is 76.1 cm³/mol. The van der Waals surface area contributed by atoms with Crippen molar-refractivity contribution in [1.82, 2.24) is 5.01 Å². The lowest BCUT2D eigenvalue weighted by Gasteiger charge is -2.30. The molecule has 1 aromatic rings. The average Bonchev–Trinajstić information content (AvgIpc) is 2.25. The SMILES string of the molecule is CC(C)=NN1C(Cl)=Nc2ccc(Br)cc2C1C. The normalized spacial score (nSPS) is 18.5. The van der Waals surface area contributed by atoms with Gasteiger partial charge in [-0.25, -0.2) is 10.0 Å². The van der Waals surface area contributed by atoms with Crippen molar-refractivity contribution in [1.29, 1.82) is 0 Å². The van der Waals surface area contributed by atoms with Gasteiger partial charge in [0.2, 0.25) is 5.29 Å². The first-order valence-corrected chi connectivity index (χ1v) is 6.51. The summed E-state index contributed by atoms with van der Waals surface area (Å²) in [5.41, 5.74) is 2.98. The highest BCUT2D eigenvalue weighted by atomic mass is 79.9. The van der Waals surface area contributed by atoms with E-state index in [1.165, 1.54) is 0 Å². The summed E-state index contributed by atoms with van der Waals surface area (Å²) in [7, 11) is 0. The molecule has 1 aliphatic rings. The van der Waals surface area contributed by atoms with Crippen LogP contribution in [-0.4, -0.2) is 16.0 Å². The monoisotopic (exact) mass is 313 g/mol. The predicted octanol–water partition coefficient (Wildman–Crippen LogP) is 4.45. The maximum absolute atomic E-state index is 6.15. The van der Waals surface area contributed by atoms with Gasteiger partial charge in [0.1, 0.15) is 0 Å². The molecule has 90 valence electrons. The molecule has 3 nitrogen and oxygen atoms in total. The van der Waals surface area contributed by atoms with E-state index < -0.39 is 0 Å². The fourth-order valence-electron chi connectivity index (χ4n) is 1.75. The van der Waals surface area contributed by atoms with E-state index in [9.17, 15) is 0 Å². The minimum atomic E-state index is 0.0856. The maximum Gasteiger partial charge on any atom is 0.220 e. The zero-order valence-corrected chi connectivity index (χ0v) is 12.2. The van der Waals surface area contributed by atoms with Crippen molar-refractivity contribution in [3.63, 3.8) is 0 Å². The van der Waals surface area contributed by atoms with E-state index in [4.69, 9.17) is 11.6 Å². The number of aliphatic imine (C=N–C) groups is 1. The van der Waals surface area contributed by atoms with Crippen LogP contribution < -0.4 is 0 Å². The summed E-state index contributed by atoms with van der Waals surface area (Å²) in [6.45, 7) is 5.94. The van der Waals surface area contributed by atoms with Gasteiger partial charge in [-0.1, -0.05) is 15.9 Å². The first kappa shape index (κ1) is 12.6. The van der Waals surface area contributed by atoms with Crippen LogP contribution >= 0.6 is 27.5 Å². The van der Waals surface area contributed by atoms with Crippen LogP contribution in [0.3, 0.4) is 0 Å². The van der Waals surface area contributed by atoms with E-state index in [0.29, 0.717) is 5.29 Å². The molecule has 0 radical (unpaired) electrons. The van der Waals surface area contributed by atoms with E-state index in [1.54, 1.807) is 5.01 Å². The smallest absolute Gasteiger partial charge is 0.220 e. The molecule has 0 N–H and O–H groups in total. The largest absolute Gasteiger partial charge is 0.231 e. The van der Waals surface area contributed by atoms with Crippen molar-refractivity contribution in [3.8, 4) is 0 Å². The topological polar surface area (TPSA) is 28.0 Å². The number of halogens is 2. The molecule has 0 aromatic heterocycles. The zero-order chi connectivity index (χ0) is 12.6. The fourth-order valence-corrected chi connectivity index (χ4v) is 2.40. The molecule has 0 bridgehead atoms. The Balaban J connectivity index is 2.50. The number of hydrazone groups is 1. The van der Waals surface area contributed by atoms with Crippen LogP contribution in [0.15, 0.2) is 32.8 Å². The molecule has 1 aromatic carbocycles. The highest BCUT2D eigenvalue weighted by molar-refractivity contribution is 9.10. The minimum absolute atomic E-state index is 0.0856. The Morgan fingerprint density at radius 3 is 2.82 bits per heavy atom.